The van der Waals surface area contributed by atoms with Crippen LogP contribution in [0.3, 0.4) is 0 Å². The fraction of sp³-hybridized carbons (Fsp3) is 0.389. The van der Waals surface area contributed by atoms with Gasteiger partial charge < -0.3 is 15.2 Å². The van der Waals surface area contributed by atoms with Crippen LogP contribution in [0.15, 0.2) is 33.9 Å². The molecule has 0 aliphatic rings. The van der Waals surface area contributed by atoms with Crippen molar-refractivity contribution in [3.63, 3.8) is 0 Å². The molecule has 1 atom stereocenters. The predicted octanol–water partition coefficient (Wildman–Crippen LogP) is 0.283. The fourth-order valence-corrected chi connectivity index (χ4v) is 2.89. The maximum Gasteiger partial charge on any atom is 0.332 e. The molecule has 0 amide bonds. The summed E-state index contributed by atoms with van der Waals surface area (Å²) >= 11 is 0. The summed E-state index contributed by atoms with van der Waals surface area (Å²) in [6.45, 7) is 2.29. The summed E-state index contributed by atoms with van der Waals surface area (Å²) in [6, 6.07) is 7.47. The Morgan fingerprint density at radius 1 is 1.19 bits per heavy atom. The van der Waals surface area contributed by atoms with Crippen LogP contribution in [-0.4, -0.2) is 43.6 Å². The lowest BCUT2D eigenvalue weighted by atomic mass is 10.2. The molecule has 3 rings (SSSR count). The van der Waals surface area contributed by atoms with E-state index in [0.29, 0.717) is 23.7 Å². The van der Waals surface area contributed by atoms with Crippen molar-refractivity contribution in [3.8, 4) is 5.75 Å². The highest BCUT2D eigenvalue weighted by atomic mass is 16.5. The van der Waals surface area contributed by atoms with Crippen molar-refractivity contribution >= 4 is 17.1 Å². The number of methoxy groups -OCH3 is 1. The Labute approximate surface area is 155 Å². The first-order valence-corrected chi connectivity index (χ1v) is 8.54. The number of nitrogens with zero attached hydrogens (tertiary/aromatic N) is 4. The Bertz CT molecular complexity index is 1080. The van der Waals surface area contributed by atoms with E-state index in [4.69, 9.17) is 4.74 Å². The number of imidazole rings is 1. The highest BCUT2D eigenvalue weighted by molar-refractivity contribution is 5.74. The quantitative estimate of drug-likeness (QED) is 0.643. The first-order valence-electron chi connectivity index (χ1n) is 8.54. The third kappa shape index (κ3) is 3.45. The predicted molar refractivity (Wildman–Crippen MR) is 102 cm³/mol. The van der Waals surface area contributed by atoms with E-state index in [2.05, 4.69) is 10.3 Å². The second kappa shape index (κ2) is 7.28. The maximum atomic E-state index is 12.8. The summed E-state index contributed by atoms with van der Waals surface area (Å²) in [5, 5.41) is 12.6. The number of aliphatic hydroxyl groups is 1. The Morgan fingerprint density at radius 3 is 2.44 bits per heavy atom. The van der Waals surface area contributed by atoms with Gasteiger partial charge in [-0.1, -0.05) is 12.1 Å². The minimum Gasteiger partial charge on any atom is -0.497 e. The molecule has 1 aromatic carbocycles. The topological polar surface area (TPSA) is 103 Å². The largest absolute Gasteiger partial charge is 0.497 e. The minimum atomic E-state index is -0.592. The number of aliphatic hydroxyl groups excluding tert-OH is 1. The molecule has 0 fully saturated rings. The van der Waals surface area contributed by atoms with E-state index >= 15 is 0 Å². The van der Waals surface area contributed by atoms with E-state index in [-0.39, 0.29) is 6.54 Å². The van der Waals surface area contributed by atoms with Gasteiger partial charge in [-0.15, -0.1) is 0 Å². The van der Waals surface area contributed by atoms with E-state index < -0.39 is 17.4 Å². The summed E-state index contributed by atoms with van der Waals surface area (Å²) < 4.78 is 9.30. The summed E-state index contributed by atoms with van der Waals surface area (Å²) in [5.41, 5.74) is 0.696. The van der Waals surface area contributed by atoms with E-state index in [1.165, 1.54) is 11.6 Å². The molecule has 0 aliphatic heterocycles. The summed E-state index contributed by atoms with van der Waals surface area (Å²) in [4.78, 5) is 29.4. The molecule has 0 spiro atoms. The molecule has 9 nitrogen and oxygen atoms in total. The average molecular weight is 373 g/mol. The Morgan fingerprint density at radius 2 is 1.85 bits per heavy atom. The van der Waals surface area contributed by atoms with Gasteiger partial charge in [-0.25, -0.2) is 4.79 Å². The molecule has 0 radical (unpaired) electrons. The van der Waals surface area contributed by atoms with Gasteiger partial charge in [-0.2, -0.15) is 4.98 Å². The summed E-state index contributed by atoms with van der Waals surface area (Å²) in [5.74, 6) is 1.15. The lowest BCUT2D eigenvalue weighted by Crippen LogP contribution is -2.37. The van der Waals surface area contributed by atoms with Crippen molar-refractivity contribution in [3.05, 3.63) is 50.7 Å². The van der Waals surface area contributed by atoms with Gasteiger partial charge in [0.25, 0.3) is 5.56 Å². The average Bonchev–Trinajstić information content (AvgIpc) is 3.02. The van der Waals surface area contributed by atoms with Crippen molar-refractivity contribution in [2.24, 2.45) is 14.1 Å². The van der Waals surface area contributed by atoms with Crippen LogP contribution in [0, 0.1) is 0 Å². The number of rotatable bonds is 6. The van der Waals surface area contributed by atoms with Crippen molar-refractivity contribution in [2.45, 2.75) is 19.6 Å². The molecular formula is C18H23N5O4. The minimum absolute atomic E-state index is 0.264. The number of hydrogen-bond acceptors (Lipinski definition) is 6. The first kappa shape index (κ1) is 18.7. The van der Waals surface area contributed by atoms with Gasteiger partial charge in [-0.05, 0) is 24.6 Å². The Kier molecular flexibility index (Phi) is 5.04. The number of fused-ring (bicyclic) bond motifs is 1. The molecule has 144 valence electrons. The molecule has 2 heterocycles. The molecule has 9 heteroatoms. The van der Waals surface area contributed by atoms with Gasteiger partial charge in [-0.3, -0.25) is 18.5 Å². The molecule has 0 saturated carbocycles. The van der Waals surface area contributed by atoms with Crippen LogP contribution in [0.25, 0.3) is 11.2 Å². The van der Waals surface area contributed by atoms with E-state index in [0.717, 1.165) is 15.9 Å². The molecular weight excluding hydrogens is 350 g/mol. The Balaban J connectivity index is 2.18. The van der Waals surface area contributed by atoms with Gasteiger partial charge in [0.05, 0.1) is 19.8 Å². The molecule has 2 N–H and O–H groups in total. The van der Waals surface area contributed by atoms with Crippen LogP contribution < -0.4 is 21.3 Å². The van der Waals surface area contributed by atoms with E-state index in [1.54, 1.807) is 25.6 Å². The standard InChI is InChI=1S/C18H23N5O4/c1-11(24)9-19-17-20-15-14(16(25)22(3)18(26)21(15)2)23(17)10-12-5-7-13(27-4)8-6-12/h5-8,11,24H,9-10H2,1-4H3,(H,19,20)/t11-/m0/s1. The van der Waals surface area contributed by atoms with Crippen LogP contribution in [0.4, 0.5) is 5.95 Å². The van der Waals surface area contributed by atoms with Gasteiger partial charge in [0.1, 0.15) is 5.75 Å². The molecule has 2 aromatic heterocycles. The molecule has 27 heavy (non-hydrogen) atoms. The van der Waals surface area contributed by atoms with Crippen molar-refractivity contribution in [1.29, 1.82) is 0 Å². The third-order valence-electron chi connectivity index (χ3n) is 4.40. The molecule has 0 aliphatic carbocycles. The highest BCUT2D eigenvalue weighted by Crippen LogP contribution is 2.19. The number of aromatic nitrogens is 4. The van der Waals surface area contributed by atoms with Crippen molar-refractivity contribution < 1.29 is 9.84 Å². The molecule has 0 unspecified atom stereocenters. The highest BCUT2D eigenvalue weighted by Gasteiger charge is 2.19. The second-order valence-electron chi connectivity index (χ2n) is 6.48. The van der Waals surface area contributed by atoms with Crippen molar-refractivity contribution in [1.82, 2.24) is 18.7 Å². The SMILES string of the molecule is COc1ccc(Cn2c(NC[C@H](C)O)nc3c2c(=O)n(C)c(=O)n3C)cc1. The lowest BCUT2D eigenvalue weighted by Gasteiger charge is -2.12. The number of ether oxygens (including phenoxy) is 1. The van der Waals surface area contributed by atoms with Crippen LogP contribution in [0.5, 0.6) is 5.75 Å². The molecule has 0 bridgehead atoms. The van der Waals surface area contributed by atoms with E-state index in [9.17, 15) is 14.7 Å². The third-order valence-corrected chi connectivity index (χ3v) is 4.40. The van der Waals surface area contributed by atoms with Gasteiger partial charge >= 0.3 is 5.69 Å². The van der Waals surface area contributed by atoms with Gasteiger partial charge in [0.2, 0.25) is 5.95 Å². The number of aryl methyl sites for hydroxylation is 1. The second-order valence-corrected chi connectivity index (χ2v) is 6.48. The number of hydrogen-bond donors (Lipinski definition) is 2. The number of benzene rings is 1. The maximum absolute atomic E-state index is 12.8. The monoisotopic (exact) mass is 373 g/mol. The van der Waals surface area contributed by atoms with Gasteiger partial charge in [0.15, 0.2) is 11.2 Å². The zero-order valence-electron chi connectivity index (χ0n) is 15.8. The van der Waals surface area contributed by atoms with Crippen LogP contribution >= 0.6 is 0 Å². The molecule has 0 saturated heterocycles. The molecule has 3 aromatic rings. The van der Waals surface area contributed by atoms with Crippen LogP contribution in [0.2, 0.25) is 0 Å². The zero-order chi connectivity index (χ0) is 19.7. The van der Waals surface area contributed by atoms with Crippen LogP contribution in [-0.2, 0) is 20.6 Å². The normalized spacial score (nSPS) is 12.3. The zero-order valence-corrected chi connectivity index (χ0v) is 15.8. The number of nitrogens with one attached hydrogen (secondary N) is 1. The summed E-state index contributed by atoms with van der Waals surface area (Å²) in [6.07, 6.45) is -0.592. The fourth-order valence-electron chi connectivity index (χ4n) is 2.89. The summed E-state index contributed by atoms with van der Waals surface area (Å²) in [7, 11) is 4.62. The Hall–Kier alpha value is -3.07. The van der Waals surface area contributed by atoms with E-state index in [1.807, 2.05) is 24.3 Å². The number of anilines is 1. The van der Waals surface area contributed by atoms with Gasteiger partial charge in [0, 0.05) is 20.6 Å². The lowest BCUT2D eigenvalue weighted by molar-refractivity contribution is 0.208. The first-order chi connectivity index (χ1) is 12.8. The van der Waals surface area contributed by atoms with Crippen molar-refractivity contribution in [2.75, 3.05) is 19.0 Å². The van der Waals surface area contributed by atoms with Crippen LogP contribution in [0.1, 0.15) is 12.5 Å². The smallest absolute Gasteiger partial charge is 0.332 e.